The molecule has 0 atom stereocenters. The van der Waals surface area contributed by atoms with E-state index in [2.05, 4.69) is 17.3 Å². The van der Waals surface area contributed by atoms with E-state index in [4.69, 9.17) is 0 Å². The molecule has 4 heteroatoms. The van der Waals surface area contributed by atoms with E-state index in [-0.39, 0.29) is 17.7 Å². The van der Waals surface area contributed by atoms with E-state index in [1.54, 1.807) is 6.92 Å². The van der Waals surface area contributed by atoms with Crippen LogP contribution < -0.4 is 5.32 Å². The first-order valence-corrected chi connectivity index (χ1v) is 11.0. The number of carbonyl (C=O) groups excluding carboxylic acids is 2. The Hall–Kier alpha value is -0.900. The Morgan fingerprint density at radius 1 is 0.808 bits per heavy atom. The molecule has 0 bridgehead atoms. The lowest BCUT2D eigenvalue weighted by atomic mass is 9.80. The van der Waals surface area contributed by atoms with Gasteiger partial charge in [0.2, 0.25) is 5.91 Å². The quantitative estimate of drug-likeness (QED) is 0.764. The van der Waals surface area contributed by atoms with Crippen molar-refractivity contribution in [3.8, 4) is 0 Å². The van der Waals surface area contributed by atoms with Gasteiger partial charge in [-0.15, -0.1) is 0 Å². The first kappa shape index (κ1) is 27.3. The van der Waals surface area contributed by atoms with Crippen LogP contribution in [0.2, 0.25) is 0 Å². The molecule has 0 aromatic rings. The second-order valence-corrected chi connectivity index (χ2v) is 6.65. The molecule has 0 spiro atoms. The lowest BCUT2D eigenvalue weighted by Crippen LogP contribution is -2.41. The van der Waals surface area contributed by atoms with Crippen LogP contribution in [0.1, 0.15) is 87.0 Å². The summed E-state index contributed by atoms with van der Waals surface area (Å²) in [5.41, 5.74) is 0. The number of Topliss-reactive ketones (excluding diaryl/α,β-unsaturated/α-hetero) is 1. The zero-order valence-corrected chi connectivity index (χ0v) is 18.9. The number of rotatable bonds is 4. The van der Waals surface area contributed by atoms with Crippen LogP contribution in [-0.4, -0.2) is 43.3 Å². The number of likely N-dealkylation sites (tertiary alicyclic amines) is 1. The highest BCUT2D eigenvalue weighted by atomic mass is 16.2. The molecular formula is C22H46N2O2. The van der Waals surface area contributed by atoms with E-state index in [1.807, 2.05) is 41.5 Å². The molecule has 26 heavy (non-hydrogen) atoms. The molecule has 1 saturated carbocycles. The standard InChI is InChI=1S/C16H28N2O2.3C2H6/c1-12(19)14-5-3-13(4-6-14)11-17-16(20)15-7-9-18(2)10-8-15;3*1-2/h13-15H,3-11H2,1-2H3,(H,17,20);3*1-2H3. The van der Waals surface area contributed by atoms with Gasteiger partial charge in [0.1, 0.15) is 5.78 Å². The molecule has 0 aromatic heterocycles. The van der Waals surface area contributed by atoms with E-state index in [0.717, 1.165) is 58.2 Å². The fourth-order valence-corrected chi connectivity index (χ4v) is 3.43. The molecule has 1 aliphatic carbocycles. The Morgan fingerprint density at radius 2 is 1.27 bits per heavy atom. The second-order valence-electron chi connectivity index (χ2n) is 6.65. The molecule has 1 saturated heterocycles. The molecule has 156 valence electrons. The minimum Gasteiger partial charge on any atom is -0.356 e. The molecule has 1 heterocycles. The Labute approximate surface area is 163 Å². The topological polar surface area (TPSA) is 49.4 Å². The number of nitrogens with one attached hydrogen (secondary N) is 1. The van der Waals surface area contributed by atoms with Crippen molar-refractivity contribution in [2.75, 3.05) is 26.7 Å². The van der Waals surface area contributed by atoms with Gasteiger partial charge in [-0.05, 0) is 71.5 Å². The van der Waals surface area contributed by atoms with Crippen LogP contribution in [0.4, 0.5) is 0 Å². The highest BCUT2D eigenvalue weighted by Crippen LogP contribution is 2.29. The minimum atomic E-state index is 0.208. The van der Waals surface area contributed by atoms with Crippen molar-refractivity contribution >= 4 is 11.7 Å². The summed E-state index contributed by atoms with van der Waals surface area (Å²) in [6, 6.07) is 0. The fraction of sp³-hybridized carbons (Fsp3) is 0.909. The van der Waals surface area contributed by atoms with Crippen molar-refractivity contribution in [3.05, 3.63) is 0 Å². The van der Waals surface area contributed by atoms with Gasteiger partial charge in [-0.1, -0.05) is 41.5 Å². The zero-order chi connectivity index (χ0) is 20.5. The van der Waals surface area contributed by atoms with Gasteiger partial charge < -0.3 is 10.2 Å². The molecule has 0 unspecified atom stereocenters. The molecule has 2 aliphatic rings. The molecule has 0 radical (unpaired) electrons. The number of carbonyl (C=O) groups is 2. The van der Waals surface area contributed by atoms with E-state index >= 15 is 0 Å². The molecule has 2 fully saturated rings. The number of ketones is 1. The van der Waals surface area contributed by atoms with Crippen LogP contribution in [0.25, 0.3) is 0 Å². The normalized spacial score (nSPS) is 23.1. The van der Waals surface area contributed by atoms with Crippen LogP contribution in [0.3, 0.4) is 0 Å². The van der Waals surface area contributed by atoms with E-state index in [1.165, 1.54) is 0 Å². The number of piperidine rings is 1. The zero-order valence-electron chi connectivity index (χ0n) is 18.9. The third kappa shape index (κ3) is 10.9. The van der Waals surface area contributed by atoms with Gasteiger partial charge in [0.15, 0.2) is 0 Å². The molecule has 2 rings (SSSR count). The van der Waals surface area contributed by atoms with E-state index < -0.39 is 0 Å². The maximum atomic E-state index is 12.1. The van der Waals surface area contributed by atoms with Crippen molar-refractivity contribution in [3.63, 3.8) is 0 Å². The van der Waals surface area contributed by atoms with Crippen LogP contribution in [0.5, 0.6) is 0 Å². The Kier molecular flexibility index (Phi) is 18.4. The van der Waals surface area contributed by atoms with Crippen LogP contribution in [0, 0.1) is 17.8 Å². The van der Waals surface area contributed by atoms with Gasteiger partial charge in [0, 0.05) is 18.4 Å². The lowest BCUT2D eigenvalue weighted by molar-refractivity contribution is -0.127. The lowest BCUT2D eigenvalue weighted by Gasteiger charge is -2.30. The molecule has 1 aliphatic heterocycles. The molecule has 0 aromatic carbocycles. The molecule has 1 amide bonds. The predicted molar refractivity (Wildman–Crippen MR) is 113 cm³/mol. The van der Waals surface area contributed by atoms with Gasteiger partial charge in [-0.25, -0.2) is 0 Å². The summed E-state index contributed by atoms with van der Waals surface area (Å²) in [6.45, 7) is 16.6. The van der Waals surface area contributed by atoms with Crippen LogP contribution >= 0.6 is 0 Å². The fourth-order valence-electron chi connectivity index (χ4n) is 3.43. The predicted octanol–water partition coefficient (Wildman–Crippen LogP) is 4.92. The van der Waals surface area contributed by atoms with Gasteiger partial charge in [0.05, 0.1) is 0 Å². The summed E-state index contributed by atoms with van der Waals surface area (Å²) in [6.07, 6.45) is 6.14. The largest absolute Gasteiger partial charge is 0.356 e. The number of hydrogen-bond donors (Lipinski definition) is 1. The Morgan fingerprint density at radius 3 is 1.69 bits per heavy atom. The van der Waals surface area contributed by atoms with E-state index in [9.17, 15) is 9.59 Å². The third-order valence-corrected chi connectivity index (χ3v) is 5.08. The first-order valence-electron chi connectivity index (χ1n) is 11.0. The molecule has 4 nitrogen and oxygen atoms in total. The van der Waals surface area contributed by atoms with Gasteiger partial charge in [-0.3, -0.25) is 9.59 Å². The maximum absolute atomic E-state index is 12.1. The van der Waals surface area contributed by atoms with Crippen molar-refractivity contribution in [1.29, 1.82) is 0 Å². The van der Waals surface area contributed by atoms with Gasteiger partial charge in [0.25, 0.3) is 0 Å². The average Bonchev–Trinajstić information content (AvgIpc) is 2.71. The number of hydrogen-bond acceptors (Lipinski definition) is 3. The number of nitrogens with zero attached hydrogens (tertiary/aromatic N) is 1. The summed E-state index contributed by atoms with van der Waals surface area (Å²) in [5, 5.41) is 3.14. The highest BCUT2D eigenvalue weighted by Gasteiger charge is 2.26. The maximum Gasteiger partial charge on any atom is 0.223 e. The number of amides is 1. The summed E-state index contributed by atoms with van der Waals surface area (Å²) in [4.78, 5) is 25.8. The molecule has 1 N–H and O–H groups in total. The Bertz CT molecular complexity index is 342. The SMILES string of the molecule is CC.CC.CC.CC(=O)C1CCC(CNC(=O)C2CCN(C)CC2)CC1. The smallest absolute Gasteiger partial charge is 0.223 e. The minimum absolute atomic E-state index is 0.208. The highest BCUT2D eigenvalue weighted by molar-refractivity contribution is 5.79. The van der Waals surface area contributed by atoms with Gasteiger partial charge >= 0.3 is 0 Å². The second kappa shape index (κ2) is 17.5. The van der Waals surface area contributed by atoms with Gasteiger partial charge in [-0.2, -0.15) is 0 Å². The average molecular weight is 371 g/mol. The van der Waals surface area contributed by atoms with Crippen molar-refractivity contribution in [2.24, 2.45) is 17.8 Å². The van der Waals surface area contributed by atoms with E-state index in [0.29, 0.717) is 11.7 Å². The molecular weight excluding hydrogens is 324 g/mol. The summed E-state index contributed by atoms with van der Waals surface area (Å²) in [5.74, 6) is 1.63. The van der Waals surface area contributed by atoms with Crippen molar-refractivity contribution < 1.29 is 9.59 Å². The van der Waals surface area contributed by atoms with Crippen LogP contribution in [-0.2, 0) is 9.59 Å². The van der Waals surface area contributed by atoms with Crippen molar-refractivity contribution in [2.45, 2.75) is 87.0 Å². The summed E-state index contributed by atoms with van der Waals surface area (Å²) >= 11 is 0. The van der Waals surface area contributed by atoms with Crippen molar-refractivity contribution in [1.82, 2.24) is 10.2 Å². The monoisotopic (exact) mass is 370 g/mol. The summed E-state index contributed by atoms with van der Waals surface area (Å²) < 4.78 is 0. The Balaban J connectivity index is 0. The van der Waals surface area contributed by atoms with Crippen LogP contribution in [0.15, 0.2) is 0 Å². The summed E-state index contributed by atoms with van der Waals surface area (Å²) in [7, 11) is 2.11. The first-order chi connectivity index (χ1) is 12.6. The third-order valence-electron chi connectivity index (χ3n) is 5.08.